The number of rotatable bonds is 8. The lowest BCUT2D eigenvalue weighted by Crippen LogP contribution is -2.18. The summed E-state index contributed by atoms with van der Waals surface area (Å²) >= 11 is 2.89. The van der Waals surface area contributed by atoms with Gasteiger partial charge in [-0.25, -0.2) is 0 Å². The van der Waals surface area contributed by atoms with Gasteiger partial charge in [-0.1, -0.05) is 78.6 Å². The van der Waals surface area contributed by atoms with Crippen LogP contribution in [0.15, 0.2) is 65.0 Å². The molecule has 0 aliphatic rings. The predicted molar refractivity (Wildman–Crippen MR) is 109 cm³/mol. The maximum absolute atomic E-state index is 12.9. The van der Waals surface area contributed by atoms with Crippen LogP contribution in [0.1, 0.15) is 24.2 Å². The number of thioether (sulfide) groups is 1. The van der Waals surface area contributed by atoms with Gasteiger partial charge in [-0.3, -0.25) is 4.79 Å². The van der Waals surface area contributed by atoms with Crippen molar-refractivity contribution in [2.75, 3.05) is 17.2 Å². The number of para-hydroxylation sites is 1. The molecule has 1 aromatic heterocycles. The largest absolute Gasteiger partial charge is 0.360 e. The zero-order chi connectivity index (χ0) is 18.2. The highest BCUT2D eigenvalue weighted by Crippen LogP contribution is 2.38. The van der Waals surface area contributed by atoms with Crippen molar-refractivity contribution in [3.05, 3.63) is 66.2 Å². The minimum atomic E-state index is -0.400. The Hall–Kier alpha value is -2.38. The summed E-state index contributed by atoms with van der Waals surface area (Å²) in [7, 11) is 0. The van der Waals surface area contributed by atoms with Crippen molar-refractivity contribution in [2.45, 2.75) is 22.9 Å². The van der Waals surface area contributed by atoms with Crippen LogP contribution in [-0.2, 0) is 4.79 Å². The lowest BCUT2D eigenvalue weighted by Gasteiger charge is -2.15. The average Bonchev–Trinajstić information content (AvgIpc) is 3.13. The number of benzene rings is 2. The lowest BCUT2D eigenvalue weighted by molar-refractivity contribution is -0.115. The molecule has 2 aromatic carbocycles. The molecule has 1 heterocycles. The minimum Gasteiger partial charge on any atom is -0.360 e. The van der Waals surface area contributed by atoms with E-state index in [1.54, 1.807) is 0 Å². The minimum absolute atomic E-state index is 0.0781. The van der Waals surface area contributed by atoms with Gasteiger partial charge in [0.05, 0.1) is 0 Å². The predicted octanol–water partition coefficient (Wildman–Crippen LogP) is 4.83. The van der Waals surface area contributed by atoms with Crippen molar-refractivity contribution in [3.63, 3.8) is 0 Å². The molecule has 5 nitrogen and oxygen atoms in total. The highest BCUT2D eigenvalue weighted by molar-refractivity contribution is 8.02. The maximum Gasteiger partial charge on any atom is 0.242 e. The fraction of sp³-hybridized carbons (Fsp3) is 0.211. The fourth-order valence-electron chi connectivity index (χ4n) is 2.29. The second-order valence-corrected chi connectivity index (χ2v) is 7.89. The Balaban J connectivity index is 1.77. The van der Waals surface area contributed by atoms with Crippen LogP contribution < -0.4 is 10.6 Å². The number of nitrogens with one attached hydrogen (secondary N) is 2. The first-order valence-electron chi connectivity index (χ1n) is 8.41. The summed E-state index contributed by atoms with van der Waals surface area (Å²) in [6.07, 6.45) is 1.02. The summed E-state index contributed by atoms with van der Waals surface area (Å²) in [6.45, 7) is 2.96. The zero-order valence-corrected chi connectivity index (χ0v) is 16.0. The molecule has 1 amide bonds. The Kier molecular flexibility index (Phi) is 6.62. The number of hydrogen-bond acceptors (Lipinski definition) is 6. The standard InChI is InChI=1S/C19H20N4OS2/c1-2-13-20-18-22-23-19(26-18)25-16(14-9-5-3-6-10-14)17(24)21-15-11-7-4-8-12-15/h3-12,16H,2,13H2,1H3,(H,20,22)(H,21,24). The molecule has 7 heteroatoms. The van der Waals surface area contributed by atoms with Gasteiger partial charge < -0.3 is 10.6 Å². The fourth-order valence-corrected chi connectivity index (χ4v) is 4.26. The highest BCUT2D eigenvalue weighted by Gasteiger charge is 2.24. The van der Waals surface area contributed by atoms with Crippen LogP contribution >= 0.6 is 23.1 Å². The third-order valence-corrected chi connectivity index (χ3v) is 5.75. The highest BCUT2D eigenvalue weighted by atomic mass is 32.2. The second kappa shape index (κ2) is 9.35. The molecule has 0 aliphatic carbocycles. The van der Waals surface area contributed by atoms with Gasteiger partial charge in [0.1, 0.15) is 5.25 Å². The first kappa shape index (κ1) is 18.4. The summed E-state index contributed by atoms with van der Waals surface area (Å²) in [4.78, 5) is 12.9. The molecule has 0 saturated heterocycles. The number of amides is 1. The van der Waals surface area contributed by atoms with Gasteiger partial charge in [0, 0.05) is 12.2 Å². The van der Waals surface area contributed by atoms with E-state index in [0.29, 0.717) is 0 Å². The zero-order valence-electron chi connectivity index (χ0n) is 14.4. The van der Waals surface area contributed by atoms with Crippen molar-refractivity contribution < 1.29 is 4.79 Å². The van der Waals surface area contributed by atoms with E-state index in [9.17, 15) is 4.79 Å². The topological polar surface area (TPSA) is 66.9 Å². The van der Waals surface area contributed by atoms with Gasteiger partial charge in [0.25, 0.3) is 0 Å². The Morgan fingerprint density at radius 2 is 1.77 bits per heavy atom. The lowest BCUT2D eigenvalue weighted by atomic mass is 10.1. The molecule has 0 radical (unpaired) electrons. The van der Waals surface area contributed by atoms with Gasteiger partial charge >= 0.3 is 0 Å². The quantitative estimate of drug-likeness (QED) is 0.544. The molecule has 134 valence electrons. The van der Waals surface area contributed by atoms with Crippen LogP contribution in [0.4, 0.5) is 10.8 Å². The van der Waals surface area contributed by atoms with E-state index < -0.39 is 5.25 Å². The molecular formula is C19H20N4OS2. The van der Waals surface area contributed by atoms with E-state index in [0.717, 1.165) is 33.7 Å². The molecule has 3 aromatic rings. The summed E-state index contributed by atoms with van der Waals surface area (Å²) in [5.41, 5.74) is 1.71. The molecule has 3 rings (SSSR count). The maximum atomic E-state index is 12.9. The van der Waals surface area contributed by atoms with Gasteiger partial charge in [-0.05, 0) is 24.1 Å². The van der Waals surface area contributed by atoms with Crippen molar-refractivity contribution in [2.24, 2.45) is 0 Å². The second-order valence-electron chi connectivity index (χ2n) is 5.56. The van der Waals surface area contributed by atoms with Crippen LogP contribution in [0.25, 0.3) is 0 Å². The van der Waals surface area contributed by atoms with Gasteiger partial charge in [-0.15, -0.1) is 10.2 Å². The van der Waals surface area contributed by atoms with Gasteiger partial charge in [-0.2, -0.15) is 0 Å². The summed E-state index contributed by atoms with van der Waals surface area (Å²) < 4.78 is 0.765. The van der Waals surface area contributed by atoms with Gasteiger partial charge in [0.15, 0.2) is 4.34 Å². The van der Waals surface area contributed by atoms with E-state index in [1.165, 1.54) is 23.1 Å². The first-order valence-corrected chi connectivity index (χ1v) is 10.1. The molecule has 0 saturated carbocycles. The van der Waals surface area contributed by atoms with E-state index in [1.807, 2.05) is 60.7 Å². The van der Waals surface area contributed by atoms with Crippen molar-refractivity contribution in [3.8, 4) is 0 Å². The third-order valence-electron chi connectivity index (χ3n) is 3.53. The molecule has 0 spiro atoms. The van der Waals surface area contributed by atoms with Gasteiger partial charge in [0.2, 0.25) is 11.0 Å². The van der Waals surface area contributed by atoms with E-state index in [4.69, 9.17) is 0 Å². The van der Waals surface area contributed by atoms with Crippen LogP contribution in [0.5, 0.6) is 0 Å². The van der Waals surface area contributed by atoms with E-state index >= 15 is 0 Å². The number of carbonyl (C=O) groups excluding carboxylic acids is 1. The van der Waals surface area contributed by atoms with Crippen molar-refractivity contribution in [1.82, 2.24) is 10.2 Å². The summed E-state index contributed by atoms with van der Waals surface area (Å²) in [5.74, 6) is -0.0781. The molecule has 1 atom stereocenters. The van der Waals surface area contributed by atoms with Crippen LogP contribution in [-0.4, -0.2) is 22.6 Å². The third kappa shape index (κ3) is 5.06. The normalized spacial score (nSPS) is 11.7. The van der Waals surface area contributed by atoms with Crippen molar-refractivity contribution in [1.29, 1.82) is 0 Å². The van der Waals surface area contributed by atoms with Crippen LogP contribution in [0.3, 0.4) is 0 Å². The SMILES string of the molecule is CCCNc1nnc(SC(C(=O)Nc2ccccc2)c2ccccc2)s1. The molecule has 0 bridgehead atoms. The molecule has 1 unspecified atom stereocenters. The molecular weight excluding hydrogens is 364 g/mol. The van der Waals surface area contributed by atoms with E-state index in [2.05, 4.69) is 27.8 Å². The number of nitrogens with zero attached hydrogens (tertiary/aromatic N) is 2. The number of hydrogen-bond donors (Lipinski definition) is 2. The van der Waals surface area contributed by atoms with Crippen molar-refractivity contribution >= 4 is 39.8 Å². The first-order chi connectivity index (χ1) is 12.8. The monoisotopic (exact) mass is 384 g/mol. The number of carbonyl (C=O) groups is 1. The molecule has 26 heavy (non-hydrogen) atoms. The van der Waals surface area contributed by atoms with Crippen LogP contribution in [0, 0.1) is 0 Å². The van der Waals surface area contributed by atoms with Crippen LogP contribution in [0.2, 0.25) is 0 Å². The Morgan fingerprint density at radius 1 is 1.08 bits per heavy atom. The number of anilines is 2. The Morgan fingerprint density at radius 3 is 2.46 bits per heavy atom. The Bertz CT molecular complexity index is 824. The molecule has 0 aliphatic heterocycles. The summed E-state index contributed by atoms with van der Waals surface area (Å²) in [6, 6.07) is 19.2. The van der Waals surface area contributed by atoms with E-state index in [-0.39, 0.29) is 5.91 Å². The average molecular weight is 385 g/mol. The smallest absolute Gasteiger partial charge is 0.242 e. The Labute approximate surface area is 161 Å². The summed E-state index contributed by atoms with van der Waals surface area (Å²) in [5, 5.41) is 15.0. The number of aromatic nitrogens is 2. The molecule has 2 N–H and O–H groups in total. The molecule has 0 fully saturated rings.